The minimum absolute atomic E-state index is 0.158. The number of benzene rings is 2. The number of methoxy groups -OCH3 is 2. The van der Waals surface area contributed by atoms with Crippen LogP contribution in [-0.4, -0.2) is 40.7 Å². The molecule has 3 N–H and O–H groups in total. The maximum Gasteiger partial charge on any atom is 0.259 e. The number of rotatable bonds is 7. The third-order valence-corrected chi connectivity index (χ3v) is 5.26. The van der Waals surface area contributed by atoms with E-state index in [1.807, 2.05) is 25.1 Å². The molecule has 0 saturated carbocycles. The van der Waals surface area contributed by atoms with E-state index in [9.17, 15) is 9.59 Å². The Morgan fingerprint density at radius 3 is 2.06 bits per heavy atom. The maximum absolute atomic E-state index is 12.6. The second kappa shape index (κ2) is 8.57. The van der Waals surface area contributed by atoms with Crippen molar-refractivity contribution in [2.45, 2.75) is 20.0 Å². The highest BCUT2D eigenvalue weighted by atomic mass is 16.5. The smallest absolute Gasteiger partial charge is 0.259 e. The number of hydrogen-bond donors (Lipinski definition) is 3. The molecule has 0 aliphatic rings. The van der Waals surface area contributed by atoms with Crippen LogP contribution in [0.4, 0.5) is 0 Å². The Labute approximate surface area is 177 Å². The molecule has 31 heavy (non-hydrogen) atoms. The molecular weight excluding hydrogens is 398 g/mol. The first-order valence-corrected chi connectivity index (χ1v) is 9.98. The number of nitrogens with zero attached hydrogens (tertiary/aromatic N) is 2. The van der Waals surface area contributed by atoms with E-state index in [2.05, 4.69) is 19.9 Å². The summed E-state index contributed by atoms with van der Waals surface area (Å²) in [7, 11) is 3.06. The van der Waals surface area contributed by atoms with Crippen molar-refractivity contribution < 1.29 is 14.4 Å². The van der Waals surface area contributed by atoms with Gasteiger partial charge in [0.1, 0.15) is 13.1 Å². The highest BCUT2D eigenvalue weighted by Crippen LogP contribution is 2.29. The van der Waals surface area contributed by atoms with Crippen LogP contribution in [0.1, 0.15) is 18.6 Å². The SMILES string of the molecule is CC[NH+](Cc1nc2ccccc2c(=O)[nH]1)Cc1nc2cc(OC)c(OC)cc2c(=O)[nH]1. The fraction of sp³-hybridized carbons (Fsp3) is 0.273. The van der Waals surface area contributed by atoms with Gasteiger partial charge in [0.25, 0.3) is 11.1 Å². The van der Waals surface area contributed by atoms with Crippen LogP contribution in [0.2, 0.25) is 0 Å². The number of hydrogen-bond acceptors (Lipinski definition) is 6. The molecule has 9 heteroatoms. The molecule has 0 saturated heterocycles. The zero-order valence-electron chi connectivity index (χ0n) is 17.6. The highest BCUT2D eigenvalue weighted by molar-refractivity contribution is 5.81. The normalized spacial score (nSPS) is 12.2. The van der Waals surface area contributed by atoms with Crippen LogP contribution in [0.3, 0.4) is 0 Å². The predicted molar refractivity (Wildman–Crippen MR) is 117 cm³/mol. The molecule has 1 unspecified atom stereocenters. The summed E-state index contributed by atoms with van der Waals surface area (Å²) in [4.78, 5) is 41.0. The van der Waals surface area contributed by atoms with Gasteiger partial charge in [-0.05, 0) is 25.1 Å². The lowest BCUT2D eigenvalue weighted by Gasteiger charge is -2.17. The van der Waals surface area contributed by atoms with Gasteiger partial charge in [0.05, 0.1) is 42.6 Å². The molecule has 0 aliphatic heterocycles. The molecule has 4 aromatic rings. The van der Waals surface area contributed by atoms with Crippen LogP contribution in [0.15, 0.2) is 46.0 Å². The first-order chi connectivity index (χ1) is 15.0. The minimum atomic E-state index is -0.242. The molecule has 0 amide bonds. The Balaban J connectivity index is 1.64. The fourth-order valence-corrected chi connectivity index (χ4v) is 3.60. The Morgan fingerprint density at radius 1 is 0.839 bits per heavy atom. The molecule has 2 aromatic carbocycles. The summed E-state index contributed by atoms with van der Waals surface area (Å²) in [5, 5.41) is 0.995. The van der Waals surface area contributed by atoms with Gasteiger partial charge in [0.15, 0.2) is 23.1 Å². The van der Waals surface area contributed by atoms with Gasteiger partial charge in [-0.1, -0.05) is 12.1 Å². The van der Waals surface area contributed by atoms with E-state index in [1.54, 1.807) is 18.2 Å². The van der Waals surface area contributed by atoms with Crippen LogP contribution in [0.5, 0.6) is 11.5 Å². The van der Waals surface area contributed by atoms with Crippen molar-refractivity contribution in [3.63, 3.8) is 0 Å². The van der Waals surface area contributed by atoms with Crippen LogP contribution in [0, 0.1) is 0 Å². The Bertz CT molecular complexity index is 1360. The summed E-state index contributed by atoms with van der Waals surface area (Å²) in [6.07, 6.45) is 0. The molecule has 1 atom stereocenters. The van der Waals surface area contributed by atoms with E-state index in [-0.39, 0.29) is 11.1 Å². The van der Waals surface area contributed by atoms with E-state index in [0.29, 0.717) is 58.0 Å². The first-order valence-electron chi connectivity index (χ1n) is 9.98. The minimum Gasteiger partial charge on any atom is -0.493 e. The maximum atomic E-state index is 12.6. The van der Waals surface area contributed by atoms with Gasteiger partial charge < -0.3 is 24.3 Å². The number of nitrogens with one attached hydrogen (secondary N) is 3. The van der Waals surface area contributed by atoms with Crippen molar-refractivity contribution in [3.05, 3.63) is 68.8 Å². The zero-order valence-corrected chi connectivity index (χ0v) is 17.6. The van der Waals surface area contributed by atoms with E-state index >= 15 is 0 Å². The lowest BCUT2D eigenvalue weighted by atomic mass is 10.2. The van der Waals surface area contributed by atoms with E-state index < -0.39 is 0 Å². The van der Waals surface area contributed by atoms with E-state index in [0.717, 1.165) is 11.4 Å². The van der Waals surface area contributed by atoms with Crippen molar-refractivity contribution in [1.82, 2.24) is 19.9 Å². The van der Waals surface area contributed by atoms with Crippen molar-refractivity contribution in [3.8, 4) is 11.5 Å². The summed E-state index contributed by atoms with van der Waals surface area (Å²) in [6, 6.07) is 10.6. The van der Waals surface area contributed by atoms with Crippen molar-refractivity contribution >= 4 is 21.8 Å². The first kappa shape index (κ1) is 20.5. The summed E-state index contributed by atoms with van der Waals surface area (Å²) >= 11 is 0. The van der Waals surface area contributed by atoms with Gasteiger partial charge in [-0.15, -0.1) is 0 Å². The lowest BCUT2D eigenvalue weighted by molar-refractivity contribution is -0.927. The fourth-order valence-electron chi connectivity index (χ4n) is 3.60. The van der Waals surface area contributed by atoms with Gasteiger partial charge in [0.2, 0.25) is 0 Å². The zero-order chi connectivity index (χ0) is 22.0. The molecule has 0 spiro atoms. The molecular formula is C22H24N5O4+. The summed E-state index contributed by atoms with van der Waals surface area (Å²) in [6.45, 7) is 3.74. The molecule has 0 bridgehead atoms. The van der Waals surface area contributed by atoms with Crippen molar-refractivity contribution in [2.75, 3.05) is 20.8 Å². The second-order valence-corrected chi connectivity index (χ2v) is 7.22. The molecule has 2 aromatic heterocycles. The monoisotopic (exact) mass is 422 g/mol. The second-order valence-electron chi connectivity index (χ2n) is 7.22. The molecule has 4 rings (SSSR count). The largest absolute Gasteiger partial charge is 0.493 e. The quantitative estimate of drug-likeness (QED) is 0.406. The summed E-state index contributed by atoms with van der Waals surface area (Å²) in [5.74, 6) is 2.12. The van der Waals surface area contributed by atoms with Gasteiger partial charge in [-0.2, -0.15) is 0 Å². The average Bonchev–Trinajstić information content (AvgIpc) is 2.77. The van der Waals surface area contributed by atoms with Crippen LogP contribution in [-0.2, 0) is 13.1 Å². The molecule has 0 radical (unpaired) electrons. The lowest BCUT2D eigenvalue weighted by Crippen LogP contribution is -3.09. The van der Waals surface area contributed by atoms with Crippen LogP contribution >= 0.6 is 0 Å². The van der Waals surface area contributed by atoms with E-state index in [1.165, 1.54) is 14.2 Å². The van der Waals surface area contributed by atoms with Crippen molar-refractivity contribution in [1.29, 1.82) is 0 Å². The average molecular weight is 422 g/mol. The third kappa shape index (κ3) is 4.13. The molecule has 2 heterocycles. The number of para-hydroxylation sites is 1. The number of aromatic nitrogens is 4. The third-order valence-electron chi connectivity index (χ3n) is 5.26. The van der Waals surface area contributed by atoms with E-state index in [4.69, 9.17) is 9.47 Å². The molecule has 9 nitrogen and oxygen atoms in total. The highest BCUT2D eigenvalue weighted by Gasteiger charge is 2.16. The number of quaternary nitrogens is 1. The van der Waals surface area contributed by atoms with Gasteiger partial charge in [-0.3, -0.25) is 9.59 Å². The van der Waals surface area contributed by atoms with Crippen LogP contribution < -0.4 is 25.5 Å². The van der Waals surface area contributed by atoms with Gasteiger partial charge in [-0.25, -0.2) is 9.97 Å². The predicted octanol–water partition coefficient (Wildman–Crippen LogP) is 0.782. The Morgan fingerprint density at radius 2 is 1.42 bits per heavy atom. The van der Waals surface area contributed by atoms with Gasteiger partial charge >= 0.3 is 0 Å². The van der Waals surface area contributed by atoms with Crippen LogP contribution in [0.25, 0.3) is 21.8 Å². The summed E-state index contributed by atoms with van der Waals surface area (Å²) in [5.41, 5.74) is 0.794. The Kier molecular flexibility index (Phi) is 5.68. The number of fused-ring (bicyclic) bond motifs is 2. The number of ether oxygens (including phenoxy) is 2. The number of aromatic amines is 2. The van der Waals surface area contributed by atoms with Crippen molar-refractivity contribution in [2.24, 2.45) is 0 Å². The molecule has 0 fully saturated rings. The topological polar surface area (TPSA) is 114 Å². The van der Waals surface area contributed by atoms with Gasteiger partial charge in [0, 0.05) is 6.07 Å². The standard InChI is InChI=1S/C22H23N5O4/c1-4-27(11-19-23-15-8-6-5-7-13(15)21(28)25-19)12-20-24-16-10-18(31-3)17(30-2)9-14(16)22(29)26-20/h5-10H,4,11-12H2,1-3H3,(H,23,25,28)(H,24,26,29)/p+1. The Hall–Kier alpha value is -3.72. The molecule has 0 aliphatic carbocycles. The summed E-state index contributed by atoms with van der Waals surface area (Å²) < 4.78 is 10.6. The number of H-pyrrole nitrogens is 2. The molecule has 160 valence electrons.